The lowest BCUT2D eigenvalue weighted by Crippen LogP contribution is -2.11. The summed E-state index contributed by atoms with van der Waals surface area (Å²) in [6, 6.07) is 6.51. The molecule has 30 heavy (non-hydrogen) atoms. The van der Waals surface area contributed by atoms with Gasteiger partial charge in [-0.3, -0.25) is 0 Å². The van der Waals surface area contributed by atoms with Gasteiger partial charge in [0.25, 0.3) is 0 Å². The second-order valence-corrected chi connectivity index (χ2v) is 7.71. The zero-order valence-corrected chi connectivity index (χ0v) is 15.4. The van der Waals surface area contributed by atoms with E-state index in [4.69, 9.17) is 5.14 Å². The van der Waals surface area contributed by atoms with Crippen molar-refractivity contribution in [1.29, 1.82) is 0 Å². The molecule has 0 aliphatic heterocycles. The van der Waals surface area contributed by atoms with Gasteiger partial charge in [0, 0.05) is 11.1 Å². The van der Waals surface area contributed by atoms with Crippen LogP contribution in [0.15, 0.2) is 53.4 Å². The summed E-state index contributed by atoms with van der Waals surface area (Å²) in [5, 5.41) is 4.95. The summed E-state index contributed by atoms with van der Waals surface area (Å²) in [4.78, 5) is -0.384. The van der Waals surface area contributed by atoms with Crippen molar-refractivity contribution >= 4 is 10.0 Å². The summed E-state index contributed by atoms with van der Waals surface area (Å²) >= 11 is 0. The number of hydrogen-bond acceptors (Lipinski definition) is 2. The molecule has 158 valence electrons. The molecule has 3 aromatic rings. The summed E-state index contributed by atoms with van der Waals surface area (Å²) in [6.07, 6.45) is -4.71. The van der Waals surface area contributed by atoms with Gasteiger partial charge < -0.3 is 0 Å². The molecule has 0 bridgehead atoms. The highest BCUT2D eigenvalue weighted by Gasteiger charge is 2.31. The zero-order chi connectivity index (χ0) is 22.4. The monoisotopic (exact) mass is 449 g/mol. The standard InChI is InChI=1S/C19H10F7NO2S/c20-15-13(9-1-5-11(6-2-9)19(24,25)26)14(16(21)18(23)17(15)22)10-3-7-12(8-4-10)30(27,28)29/h1-8H,(H2,27,28,29). The zero-order valence-electron chi connectivity index (χ0n) is 14.6. The Balaban J connectivity index is 2.28. The highest BCUT2D eigenvalue weighted by molar-refractivity contribution is 7.89. The number of halogens is 7. The third-order valence-electron chi connectivity index (χ3n) is 4.24. The predicted octanol–water partition coefficient (Wildman–Crippen LogP) is 5.24. The lowest BCUT2D eigenvalue weighted by Gasteiger charge is -2.15. The Morgan fingerprint density at radius 3 is 1.33 bits per heavy atom. The summed E-state index contributed by atoms with van der Waals surface area (Å²) < 4.78 is 118. The normalized spacial score (nSPS) is 12.3. The van der Waals surface area contributed by atoms with Crippen molar-refractivity contribution < 1.29 is 39.2 Å². The van der Waals surface area contributed by atoms with Crippen LogP contribution in [-0.4, -0.2) is 8.42 Å². The largest absolute Gasteiger partial charge is 0.416 e. The molecule has 11 heteroatoms. The first kappa shape index (κ1) is 21.8. The maximum absolute atomic E-state index is 14.6. The second kappa shape index (κ2) is 7.40. The number of primary sulfonamides is 1. The van der Waals surface area contributed by atoms with Gasteiger partial charge in [0.05, 0.1) is 10.5 Å². The van der Waals surface area contributed by atoms with Gasteiger partial charge in [-0.1, -0.05) is 24.3 Å². The SMILES string of the molecule is NS(=O)(=O)c1ccc(-c2c(F)c(F)c(F)c(F)c2-c2ccc(C(F)(F)F)cc2)cc1. The molecule has 0 amide bonds. The van der Waals surface area contributed by atoms with Gasteiger partial charge in [0.2, 0.25) is 10.0 Å². The minimum absolute atomic E-state index is 0.257. The van der Waals surface area contributed by atoms with Gasteiger partial charge in [0.15, 0.2) is 23.3 Å². The fourth-order valence-corrected chi connectivity index (χ4v) is 3.33. The fraction of sp³-hybridized carbons (Fsp3) is 0.0526. The van der Waals surface area contributed by atoms with E-state index in [1.165, 1.54) is 0 Å². The molecule has 3 rings (SSSR count). The van der Waals surface area contributed by atoms with Gasteiger partial charge in [-0.2, -0.15) is 13.2 Å². The predicted molar refractivity (Wildman–Crippen MR) is 93.5 cm³/mol. The van der Waals surface area contributed by atoms with E-state index in [9.17, 15) is 39.2 Å². The summed E-state index contributed by atoms with van der Waals surface area (Å²) in [7, 11) is -4.12. The molecule has 0 aliphatic rings. The molecule has 0 saturated heterocycles. The smallest absolute Gasteiger partial charge is 0.225 e. The fourth-order valence-electron chi connectivity index (χ4n) is 2.81. The van der Waals surface area contributed by atoms with Crippen molar-refractivity contribution in [3.05, 3.63) is 77.4 Å². The van der Waals surface area contributed by atoms with Crippen molar-refractivity contribution in [2.75, 3.05) is 0 Å². The van der Waals surface area contributed by atoms with Crippen molar-refractivity contribution in [3.8, 4) is 22.3 Å². The van der Waals surface area contributed by atoms with Crippen LogP contribution >= 0.6 is 0 Å². The molecule has 3 nitrogen and oxygen atoms in total. The van der Waals surface area contributed by atoms with E-state index in [0.717, 1.165) is 36.4 Å². The number of hydrogen-bond donors (Lipinski definition) is 1. The minimum atomic E-state index is -4.71. The Morgan fingerprint density at radius 2 is 1.00 bits per heavy atom. The van der Waals surface area contributed by atoms with E-state index in [0.29, 0.717) is 12.1 Å². The molecule has 0 fully saturated rings. The molecule has 0 unspecified atom stereocenters. The average Bonchev–Trinajstić information content (AvgIpc) is 2.68. The first-order chi connectivity index (χ1) is 13.8. The maximum Gasteiger partial charge on any atom is 0.416 e. The molecule has 0 saturated carbocycles. The van der Waals surface area contributed by atoms with Crippen LogP contribution in [0.5, 0.6) is 0 Å². The molecule has 0 aliphatic carbocycles. The van der Waals surface area contributed by atoms with Crippen LogP contribution in [0.3, 0.4) is 0 Å². The molecular weight excluding hydrogens is 439 g/mol. The highest BCUT2D eigenvalue weighted by atomic mass is 32.2. The van der Waals surface area contributed by atoms with Crippen LogP contribution in [0.25, 0.3) is 22.3 Å². The Bertz CT molecular complexity index is 1220. The Labute approximate surface area is 165 Å². The number of benzene rings is 3. The van der Waals surface area contributed by atoms with E-state index in [-0.39, 0.29) is 16.0 Å². The van der Waals surface area contributed by atoms with Gasteiger partial charge in [0.1, 0.15) is 0 Å². The van der Waals surface area contributed by atoms with Crippen molar-refractivity contribution in [2.24, 2.45) is 5.14 Å². The highest BCUT2D eigenvalue weighted by Crippen LogP contribution is 2.40. The minimum Gasteiger partial charge on any atom is -0.225 e. The molecule has 0 radical (unpaired) electrons. The van der Waals surface area contributed by atoms with Crippen molar-refractivity contribution in [3.63, 3.8) is 0 Å². The molecule has 2 N–H and O–H groups in total. The molecule has 0 spiro atoms. The van der Waals surface area contributed by atoms with Crippen LogP contribution < -0.4 is 5.14 Å². The van der Waals surface area contributed by atoms with Crippen LogP contribution in [0.2, 0.25) is 0 Å². The third-order valence-corrected chi connectivity index (χ3v) is 5.17. The molecule has 0 atom stereocenters. The van der Waals surface area contributed by atoms with Gasteiger partial charge in [-0.15, -0.1) is 0 Å². The van der Waals surface area contributed by atoms with Crippen LogP contribution in [0.4, 0.5) is 30.7 Å². The number of nitrogens with two attached hydrogens (primary N) is 1. The summed E-state index contributed by atoms with van der Waals surface area (Å²) in [5.41, 5.74) is -3.33. The lowest BCUT2D eigenvalue weighted by molar-refractivity contribution is -0.137. The van der Waals surface area contributed by atoms with Gasteiger partial charge >= 0.3 is 6.18 Å². The van der Waals surface area contributed by atoms with E-state index >= 15 is 0 Å². The molecular formula is C19H10F7NO2S. The van der Waals surface area contributed by atoms with E-state index in [1.54, 1.807) is 0 Å². The number of rotatable bonds is 3. The Morgan fingerprint density at radius 1 is 0.633 bits per heavy atom. The summed E-state index contributed by atoms with van der Waals surface area (Å²) in [5.74, 6) is -7.90. The first-order valence-corrected chi connectivity index (χ1v) is 9.54. The van der Waals surface area contributed by atoms with Crippen LogP contribution in [0.1, 0.15) is 5.56 Å². The first-order valence-electron chi connectivity index (χ1n) is 7.99. The lowest BCUT2D eigenvalue weighted by atomic mass is 9.92. The van der Waals surface area contributed by atoms with Gasteiger partial charge in [-0.25, -0.2) is 31.1 Å². The Hall–Kier alpha value is -2.92. The third kappa shape index (κ3) is 3.90. The van der Waals surface area contributed by atoms with Crippen molar-refractivity contribution in [2.45, 2.75) is 11.1 Å². The molecule has 3 aromatic carbocycles. The molecule has 0 aromatic heterocycles. The van der Waals surface area contributed by atoms with Crippen LogP contribution in [0, 0.1) is 23.3 Å². The van der Waals surface area contributed by atoms with Gasteiger partial charge in [-0.05, 0) is 35.4 Å². The topological polar surface area (TPSA) is 60.2 Å². The number of alkyl halides is 3. The Kier molecular flexibility index (Phi) is 5.37. The second-order valence-electron chi connectivity index (χ2n) is 6.15. The number of sulfonamides is 1. The van der Waals surface area contributed by atoms with E-state index in [1.807, 2.05) is 0 Å². The average molecular weight is 449 g/mol. The van der Waals surface area contributed by atoms with Crippen molar-refractivity contribution in [1.82, 2.24) is 0 Å². The molecule has 0 heterocycles. The summed E-state index contributed by atoms with van der Waals surface area (Å²) in [6.45, 7) is 0. The maximum atomic E-state index is 14.6. The van der Waals surface area contributed by atoms with Crippen LogP contribution in [-0.2, 0) is 16.2 Å². The van der Waals surface area contributed by atoms with E-state index in [2.05, 4.69) is 0 Å². The van der Waals surface area contributed by atoms with E-state index < -0.39 is 56.2 Å². The quantitative estimate of drug-likeness (QED) is 0.338.